The van der Waals surface area contributed by atoms with Gasteiger partial charge in [-0.1, -0.05) is 11.6 Å². The van der Waals surface area contributed by atoms with Gasteiger partial charge < -0.3 is 9.84 Å². The second-order valence-corrected chi connectivity index (χ2v) is 4.13. The van der Waals surface area contributed by atoms with Crippen LogP contribution in [0.5, 0.6) is 11.6 Å². The lowest BCUT2D eigenvalue weighted by atomic mass is 10.2. The molecule has 0 bridgehead atoms. The number of hydrogen-bond acceptors (Lipinski definition) is 4. The Balaban J connectivity index is 2.42. The molecule has 0 amide bonds. The number of hydrogen-bond donors (Lipinski definition) is 1. The monoisotopic (exact) mass is 241 g/mol. The second kappa shape index (κ2) is 4.08. The van der Waals surface area contributed by atoms with Crippen LogP contribution in [-0.2, 0) is 0 Å². The van der Waals surface area contributed by atoms with E-state index in [9.17, 15) is 0 Å². The fourth-order valence-corrected chi connectivity index (χ4v) is 2.13. The Labute approximate surface area is 95.9 Å². The van der Waals surface area contributed by atoms with Crippen LogP contribution in [0.2, 0.25) is 5.02 Å². The third-order valence-electron chi connectivity index (χ3n) is 1.89. The lowest BCUT2D eigenvalue weighted by molar-refractivity contribution is 0.415. The van der Waals surface area contributed by atoms with Crippen LogP contribution in [0.4, 0.5) is 0 Å². The van der Waals surface area contributed by atoms with Crippen LogP contribution in [0.1, 0.15) is 0 Å². The first-order chi connectivity index (χ1) is 7.20. The van der Waals surface area contributed by atoms with Crippen molar-refractivity contribution >= 4 is 22.9 Å². The van der Waals surface area contributed by atoms with Gasteiger partial charge in [0.25, 0.3) is 0 Å². The quantitative estimate of drug-likeness (QED) is 0.878. The van der Waals surface area contributed by atoms with E-state index in [2.05, 4.69) is 4.98 Å². The summed E-state index contributed by atoms with van der Waals surface area (Å²) in [5.41, 5.74) is 0.867. The van der Waals surface area contributed by atoms with Crippen molar-refractivity contribution in [2.75, 3.05) is 7.11 Å². The van der Waals surface area contributed by atoms with Crippen LogP contribution < -0.4 is 4.74 Å². The molecular formula is C10H8ClNO2S. The summed E-state index contributed by atoms with van der Waals surface area (Å²) in [5.74, 6) is 0.656. The number of thiazole rings is 1. The largest absolute Gasteiger partial charge is 0.495 e. The Bertz CT molecular complexity index is 484. The van der Waals surface area contributed by atoms with Crippen molar-refractivity contribution in [3.63, 3.8) is 0 Å². The molecule has 0 saturated carbocycles. The molecule has 78 valence electrons. The van der Waals surface area contributed by atoms with Gasteiger partial charge in [0, 0.05) is 5.56 Å². The minimum Gasteiger partial charge on any atom is -0.495 e. The van der Waals surface area contributed by atoms with Crippen LogP contribution in [0.15, 0.2) is 23.6 Å². The molecule has 5 heteroatoms. The van der Waals surface area contributed by atoms with Crippen molar-refractivity contribution in [1.29, 1.82) is 0 Å². The minimum absolute atomic E-state index is 0.0296. The van der Waals surface area contributed by atoms with Gasteiger partial charge in [-0.2, -0.15) is 0 Å². The van der Waals surface area contributed by atoms with Crippen molar-refractivity contribution < 1.29 is 9.84 Å². The summed E-state index contributed by atoms with van der Waals surface area (Å²) in [6.45, 7) is 0. The zero-order chi connectivity index (χ0) is 10.8. The maximum absolute atomic E-state index is 9.13. The Morgan fingerprint density at radius 2 is 2.27 bits per heavy atom. The van der Waals surface area contributed by atoms with E-state index in [0.717, 1.165) is 10.6 Å². The van der Waals surface area contributed by atoms with Gasteiger partial charge in [-0.05, 0) is 18.2 Å². The fraction of sp³-hybridized carbons (Fsp3) is 0.100. The molecule has 2 aromatic rings. The molecule has 1 heterocycles. The SMILES string of the molecule is COc1ccc(-c2nc(O)cs2)cc1Cl. The third-order valence-corrected chi connectivity index (χ3v) is 3.07. The zero-order valence-corrected chi connectivity index (χ0v) is 9.47. The molecule has 0 aliphatic carbocycles. The number of methoxy groups -OCH3 is 1. The highest BCUT2D eigenvalue weighted by Gasteiger charge is 2.07. The summed E-state index contributed by atoms with van der Waals surface area (Å²) in [6.07, 6.45) is 0. The summed E-state index contributed by atoms with van der Waals surface area (Å²) < 4.78 is 5.04. The number of rotatable bonds is 2. The molecule has 3 nitrogen and oxygen atoms in total. The van der Waals surface area contributed by atoms with Crippen molar-refractivity contribution in [3.8, 4) is 22.2 Å². The van der Waals surface area contributed by atoms with Crippen LogP contribution in [0.3, 0.4) is 0 Å². The van der Waals surface area contributed by atoms with Crippen molar-refractivity contribution in [2.45, 2.75) is 0 Å². The van der Waals surface area contributed by atoms with E-state index in [1.807, 2.05) is 6.07 Å². The van der Waals surface area contributed by atoms with Gasteiger partial charge in [-0.15, -0.1) is 11.3 Å². The smallest absolute Gasteiger partial charge is 0.222 e. The summed E-state index contributed by atoms with van der Waals surface area (Å²) in [5, 5.41) is 12.0. The van der Waals surface area contributed by atoms with E-state index < -0.39 is 0 Å². The average molecular weight is 242 g/mol. The van der Waals surface area contributed by atoms with E-state index in [1.54, 1.807) is 24.6 Å². The summed E-state index contributed by atoms with van der Waals surface area (Å²) in [6, 6.07) is 5.39. The fourth-order valence-electron chi connectivity index (χ4n) is 1.20. The highest BCUT2D eigenvalue weighted by atomic mass is 35.5. The van der Waals surface area contributed by atoms with Crippen LogP contribution in [0, 0.1) is 0 Å². The molecule has 15 heavy (non-hydrogen) atoms. The maximum atomic E-state index is 9.13. The lowest BCUT2D eigenvalue weighted by Crippen LogP contribution is -1.84. The average Bonchev–Trinajstić information content (AvgIpc) is 2.65. The minimum atomic E-state index is 0.0296. The number of benzene rings is 1. The lowest BCUT2D eigenvalue weighted by Gasteiger charge is -2.03. The van der Waals surface area contributed by atoms with E-state index in [1.165, 1.54) is 11.3 Å². The topological polar surface area (TPSA) is 42.4 Å². The Morgan fingerprint density at radius 1 is 1.47 bits per heavy atom. The molecule has 0 unspecified atom stereocenters. The Kier molecular flexibility index (Phi) is 2.79. The van der Waals surface area contributed by atoms with Crippen LogP contribution in [-0.4, -0.2) is 17.2 Å². The first kappa shape index (κ1) is 10.3. The maximum Gasteiger partial charge on any atom is 0.222 e. The van der Waals surface area contributed by atoms with Gasteiger partial charge in [0.15, 0.2) is 0 Å². The van der Waals surface area contributed by atoms with Crippen molar-refractivity contribution in [1.82, 2.24) is 4.98 Å². The Hall–Kier alpha value is -1.26. The van der Waals surface area contributed by atoms with Crippen LogP contribution in [0.25, 0.3) is 10.6 Å². The van der Waals surface area contributed by atoms with Crippen molar-refractivity contribution in [3.05, 3.63) is 28.6 Å². The normalized spacial score (nSPS) is 10.3. The standard InChI is InChI=1S/C10H8ClNO2S/c1-14-8-3-2-6(4-7(8)11)10-12-9(13)5-15-10/h2-5,13H,1H3. The van der Waals surface area contributed by atoms with Gasteiger partial charge in [0.1, 0.15) is 10.8 Å². The van der Waals surface area contributed by atoms with E-state index in [-0.39, 0.29) is 5.88 Å². The van der Waals surface area contributed by atoms with Gasteiger partial charge >= 0.3 is 0 Å². The van der Waals surface area contributed by atoms with Crippen LogP contribution >= 0.6 is 22.9 Å². The molecule has 0 aliphatic heterocycles. The number of halogens is 1. The molecule has 0 fully saturated rings. The van der Waals surface area contributed by atoms with Gasteiger partial charge in [0.2, 0.25) is 5.88 Å². The first-order valence-corrected chi connectivity index (χ1v) is 5.45. The molecule has 2 rings (SSSR count). The predicted octanol–water partition coefficient (Wildman–Crippen LogP) is 3.18. The third kappa shape index (κ3) is 2.06. The molecule has 1 N–H and O–H groups in total. The van der Waals surface area contributed by atoms with Crippen molar-refractivity contribution in [2.24, 2.45) is 0 Å². The molecule has 0 atom stereocenters. The predicted molar refractivity (Wildman–Crippen MR) is 60.8 cm³/mol. The summed E-state index contributed by atoms with van der Waals surface area (Å²) >= 11 is 7.34. The number of ether oxygens (including phenoxy) is 1. The summed E-state index contributed by atoms with van der Waals surface area (Å²) in [7, 11) is 1.57. The van der Waals surface area contributed by atoms with E-state index in [0.29, 0.717) is 10.8 Å². The molecule has 1 aromatic carbocycles. The molecule has 0 aliphatic rings. The van der Waals surface area contributed by atoms with Gasteiger partial charge in [-0.3, -0.25) is 0 Å². The van der Waals surface area contributed by atoms with E-state index in [4.69, 9.17) is 21.4 Å². The molecule has 0 saturated heterocycles. The summed E-state index contributed by atoms with van der Waals surface area (Å²) in [4.78, 5) is 3.95. The molecular weight excluding hydrogens is 234 g/mol. The highest BCUT2D eigenvalue weighted by molar-refractivity contribution is 7.13. The van der Waals surface area contributed by atoms with Gasteiger partial charge in [0.05, 0.1) is 17.5 Å². The van der Waals surface area contributed by atoms with E-state index >= 15 is 0 Å². The molecule has 0 spiro atoms. The number of aromatic nitrogens is 1. The molecule has 0 radical (unpaired) electrons. The second-order valence-electron chi connectivity index (χ2n) is 2.86. The zero-order valence-electron chi connectivity index (χ0n) is 7.90. The Morgan fingerprint density at radius 3 is 2.80 bits per heavy atom. The number of nitrogens with zero attached hydrogens (tertiary/aromatic N) is 1. The number of aromatic hydroxyl groups is 1. The highest BCUT2D eigenvalue weighted by Crippen LogP contribution is 2.32. The molecule has 1 aromatic heterocycles. The first-order valence-electron chi connectivity index (χ1n) is 4.19. The van der Waals surface area contributed by atoms with Gasteiger partial charge in [-0.25, -0.2) is 4.98 Å².